The van der Waals surface area contributed by atoms with Crippen molar-refractivity contribution in [2.75, 3.05) is 23.7 Å². The minimum atomic E-state index is -0.419. The number of nitrogens with zero attached hydrogens (tertiary/aromatic N) is 5. The Kier molecular flexibility index (Phi) is 11.1. The van der Waals surface area contributed by atoms with Gasteiger partial charge in [0.05, 0.1) is 42.1 Å². The Morgan fingerprint density at radius 2 is 1.64 bits per heavy atom. The van der Waals surface area contributed by atoms with E-state index in [2.05, 4.69) is 52.0 Å². The van der Waals surface area contributed by atoms with Crippen LogP contribution < -0.4 is 26.0 Å². The fourth-order valence-electron chi connectivity index (χ4n) is 5.58. The van der Waals surface area contributed by atoms with E-state index in [4.69, 9.17) is 9.84 Å². The molecule has 0 unspecified atom stereocenters. The molecule has 0 bridgehead atoms. The lowest BCUT2D eigenvalue weighted by Gasteiger charge is -2.14. The zero-order valence-corrected chi connectivity index (χ0v) is 30.2. The highest BCUT2D eigenvalue weighted by Gasteiger charge is 2.22. The number of aryl methyl sites for hydroxylation is 2. The molecule has 0 saturated carbocycles. The molecule has 0 saturated heterocycles. The number of benzene rings is 3. The van der Waals surface area contributed by atoms with Crippen LogP contribution in [0.3, 0.4) is 0 Å². The van der Waals surface area contributed by atoms with Crippen LogP contribution in [0, 0.1) is 6.92 Å². The first-order chi connectivity index (χ1) is 25.5. The predicted octanol–water partition coefficient (Wildman–Crippen LogP) is 6.52. The van der Waals surface area contributed by atoms with Crippen molar-refractivity contribution in [3.05, 3.63) is 121 Å². The molecule has 3 aromatic carbocycles. The van der Waals surface area contributed by atoms with Gasteiger partial charge in [-0.2, -0.15) is 5.10 Å². The van der Waals surface area contributed by atoms with E-state index >= 15 is 0 Å². The van der Waals surface area contributed by atoms with E-state index < -0.39 is 6.03 Å². The van der Waals surface area contributed by atoms with Gasteiger partial charge in [-0.25, -0.2) is 14.5 Å². The molecule has 13 nitrogen and oxygen atoms in total. The van der Waals surface area contributed by atoms with Gasteiger partial charge >= 0.3 is 6.03 Å². The van der Waals surface area contributed by atoms with Crippen LogP contribution >= 0.6 is 0 Å². The van der Waals surface area contributed by atoms with Crippen LogP contribution in [-0.4, -0.2) is 55.3 Å². The van der Waals surface area contributed by atoms with E-state index in [-0.39, 0.29) is 30.2 Å². The molecule has 272 valence electrons. The number of fused-ring (bicyclic) bond motifs is 1. The summed E-state index contributed by atoms with van der Waals surface area (Å²) < 4.78 is 9.95. The van der Waals surface area contributed by atoms with Crippen LogP contribution in [0.1, 0.15) is 44.1 Å². The smallest absolute Gasteiger partial charge is 0.324 e. The Labute approximate surface area is 307 Å². The average Bonchev–Trinajstić information content (AvgIpc) is 3.82. The van der Waals surface area contributed by atoms with Crippen molar-refractivity contribution in [1.82, 2.24) is 34.9 Å². The largest absolute Gasteiger partial charge is 0.457 e. The molecule has 0 aliphatic heterocycles. The van der Waals surface area contributed by atoms with Crippen LogP contribution in [0.4, 0.5) is 16.3 Å². The van der Waals surface area contributed by atoms with Gasteiger partial charge in [-0.3, -0.25) is 19.9 Å². The average molecular weight is 714 g/mol. The van der Waals surface area contributed by atoms with Crippen LogP contribution in [-0.2, 0) is 28.0 Å². The van der Waals surface area contributed by atoms with Crippen molar-refractivity contribution in [2.24, 2.45) is 0 Å². The summed E-state index contributed by atoms with van der Waals surface area (Å²) in [5.41, 5.74) is 3.66. The van der Waals surface area contributed by atoms with Crippen molar-refractivity contribution in [1.29, 1.82) is 0 Å². The van der Waals surface area contributed by atoms with Crippen LogP contribution in [0.5, 0.6) is 11.5 Å². The Morgan fingerprint density at radius 1 is 0.849 bits per heavy atom. The molecule has 0 radical (unpaired) electrons. The number of pyridine rings is 1. The predicted molar refractivity (Wildman–Crippen MR) is 204 cm³/mol. The van der Waals surface area contributed by atoms with Gasteiger partial charge in [-0.15, -0.1) is 0 Å². The van der Waals surface area contributed by atoms with Gasteiger partial charge < -0.3 is 25.3 Å². The Balaban J connectivity index is 1.08. The summed E-state index contributed by atoms with van der Waals surface area (Å²) in [6, 6.07) is 24.0. The third-order valence-corrected chi connectivity index (χ3v) is 8.41. The SMILES string of the molecule is Cc1ccc(-n2nc(C(C)(C)C)cc2NC(=O)Nc2ccc(Oc3ccnc(CC(=O)NCC(=O)NCCCn4ccnc4)c3)c3ccccc23)cc1. The van der Waals surface area contributed by atoms with Gasteiger partial charge in [0.2, 0.25) is 11.8 Å². The second kappa shape index (κ2) is 16.2. The molecule has 3 heterocycles. The van der Waals surface area contributed by atoms with Crippen LogP contribution in [0.2, 0.25) is 0 Å². The molecule has 0 atom stereocenters. The van der Waals surface area contributed by atoms with Gasteiger partial charge in [0.15, 0.2) is 0 Å². The lowest BCUT2D eigenvalue weighted by atomic mass is 9.92. The van der Waals surface area contributed by atoms with E-state index in [1.165, 1.54) is 0 Å². The number of nitrogens with one attached hydrogen (secondary N) is 4. The number of aromatic nitrogens is 5. The number of anilines is 2. The van der Waals surface area contributed by atoms with E-state index in [1.54, 1.807) is 47.7 Å². The molecule has 0 fully saturated rings. The molecule has 6 aromatic rings. The maximum Gasteiger partial charge on any atom is 0.324 e. The van der Waals surface area contributed by atoms with Crippen molar-refractivity contribution in [3.63, 3.8) is 0 Å². The summed E-state index contributed by atoms with van der Waals surface area (Å²) in [5.74, 6) is 0.994. The molecular weight excluding hydrogens is 670 g/mol. The van der Waals surface area contributed by atoms with Gasteiger partial charge in [-0.05, 0) is 43.7 Å². The van der Waals surface area contributed by atoms with Gasteiger partial charge in [0.25, 0.3) is 0 Å². The van der Waals surface area contributed by atoms with E-state index in [9.17, 15) is 14.4 Å². The maximum absolute atomic E-state index is 13.4. The summed E-state index contributed by atoms with van der Waals surface area (Å²) >= 11 is 0. The second-order valence-electron chi connectivity index (χ2n) is 13.7. The first kappa shape index (κ1) is 36.3. The number of hydrogen-bond donors (Lipinski definition) is 4. The molecular formula is C40H43N9O4. The third kappa shape index (κ3) is 9.64. The van der Waals surface area contributed by atoms with Crippen LogP contribution in [0.25, 0.3) is 16.5 Å². The molecule has 4 amide bonds. The van der Waals surface area contributed by atoms with E-state index in [1.807, 2.05) is 72.3 Å². The number of rotatable bonds is 13. The summed E-state index contributed by atoms with van der Waals surface area (Å²) in [6.45, 7) is 9.37. The summed E-state index contributed by atoms with van der Waals surface area (Å²) in [4.78, 5) is 46.6. The van der Waals surface area contributed by atoms with Gasteiger partial charge in [-0.1, -0.05) is 62.7 Å². The number of amides is 4. The monoisotopic (exact) mass is 713 g/mol. The molecule has 13 heteroatoms. The van der Waals surface area contributed by atoms with Gasteiger partial charge in [0.1, 0.15) is 17.3 Å². The van der Waals surface area contributed by atoms with Gasteiger partial charge in [0, 0.05) is 60.0 Å². The molecule has 4 N–H and O–H groups in total. The number of imidazole rings is 1. The van der Waals surface area contributed by atoms with Crippen molar-refractivity contribution < 1.29 is 19.1 Å². The number of hydrogen-bond acceptors (Lipinski definition) is 7. The fraction of sp³-hybridized carbons (Fsp3) is 0.250. The summed E-state index contributed by atoms with van der Waals surface area (Å²) in [7, 11) is 0. The highest BCUT2D eigenvalue weighted by atomic mass is 16.5. The molecule has 53 heavy (non-hydrogen) atoms. The zero-order valence-electron chi connectivity index (χ0n) is 30.2. The van der Waals surface area contributed by atoms with Crippen molar-refractivity contribution in [2.45, 2.75) is 52.5 Å². The first-order valence-electron chi connectivity index (χ1n) is 17.4. The number of carbonyl (C=O) groups excluding carboxylic acids is 3. The van der Waals surface area contributed by atoms with Crippen molar-refractivity contribution in [3.8, 4) is 17.2 Å². The highest BCUT2D eigenvalue weighted by Crippen LogP contribution is 2.35. The zero-order chi connectivity index (χ0) is 37.4. The Bertz CT molecular complexity index is 2200. The highest BCUT2D eigenvalue weighted by molar-refractivity contribution is 6.07. The van der Waals surface area contributed by atoms with E-state index in [0.717, 1.165) is 40.7 Å². The maximum atomic E-state index is 13.4. The van der Waals surface area contributed by atoms with Crippen LogP contribution in [0.15, 0.2) is 104 Å². The Morgan fingerprint density at radius 3 is 2.40 bits per heavy atom. The topological polar surface area (TPSA) is 157 Å². The third-order valence-electron chi connectivity index (χ3n) is 8.41. The molecule has 3 aromatic heterocycles. The fourth-order valence-corrected chi connectivity index (χ4v) is 5.58. The quantitative estimate of drug-likeness (QED) is 0.0993. The molecule has 0 aliphatic carbocycles. The summed E-state index contributed by atoms with van der Waals surface area (Å²) in [5, 5.41) is 17.8. The first-order valence-corrected chi connectivity index (χ1v) is 17.4. The normalized spacial score (nSPS) is 11.2. The standard InChI is InChI=1S/C40H43N9O4/c1-27-10-12-29(13-11-27)49-36(24-35(47-49)40(2,3)4)46-39(52)45-33-14-15-34(32-9-6-5-8-31(32)33)53-30-16-18-42-28(22-30)23-37(50)44-25-38(51)43-17-7-20-48-21-19-41-26-48/h5-6,8-16,18-19,21-22,24,26H,7,17,20,23,25H2,1-4H3,(H,43,51)(H,44,50)(H2,45,46,52). The lowest BCUT2D eigenvalue weighted by molar-refractivity contribution is -0.125. The minimum Gasteiger partial charge on any atom is -0.457 e. The lowest BCUT2D eigenvalue weighted by Crippen LogP contribution is -2.38. The number of ether oxygens (including phenoxy) is 1. The second-order valence-corrected chi connectivity index (χ2v) is 13.7. The summed E-state index contributed by atoms with van der Waals surface area (Å²) in [6.07, 6.45) is 7.59. The minimum absolute atomic E-state index is 0.0239. The molecule has 0 spiro atoms. The Hall–Kier alpha value is -6.50. The number of carbonyl (C=O) groups is 3. The molecule has 6 rings (SSSR count). The van der Waals surface area contributed by atoms with E-state index in [0.29, 0.717) is 35.2 Å². The van der Waals surface area contributed by atoms with Crippen molar-refractivity contribution >= 4 is 40.1 Å². The molecule has 0 aliphatic rings. The number of urea groups is 1.